The second kappa shape index (κ2) is 4.43. The Hall–Kier alpha value is -0.0800. The molecule has 0 aromatic carbocycles. The van der Waals surface area contributed by atoms with Gasteiger partial charge in [-0.05, 0) is 52.2 Å². The van der Waals surface area contributed by atoms with Crippen LogP contribution in [0.25, 0.3) is 0 Å². The van der Waals surface area contributed by atoms with E-state index in [0.29, 0.717) is 11.5 Å². The summed E-state index contributed by atoms with van der Waals surface area (Å²) in [6.45, 7) is 10.3. The highest BCUT2D eigenvalue weighted by molar-refractivity contribution is 4.95. The molecule has 1 heterocycles. The summed E-state index contributed by atoms with van der Waals surface area (Å²) in [4.78, 5) is 2.61. The standard InChI is InChI=1S/C11H24N2/c1-4-5-7-13-8-6-10(9-12)11(13,2)3/h10H,4-9,12H2,1-3H3. The van der Waals surface area contributed by atoms with E-state index in [1.54, 1.807) is 0 Å². The third-order valence-corrected chi connectivity index (χ3v) is 3.63. The molecule has 0 aromatic heterocycles. The van der Waals surface area contributed by atoms with Crippen LogP contribution in [0.1, 0.15) is 40.0 Å². The fourth-order valence-electron chi connectivity index (χ4n) is 2.37. The quantitative estimate of drug-likeness (QED) is 0.722. The highest BCUT2D eigenvalue weighted by Gasteiger charge is 2.39. The van der Waals surface area contributed by atoms with Crippen LogP contribution in [0, 0.1) is 5.92 Å². The molecule has 0 aromatic rings. The van der Waals surface area contributed by atoms with Crippen molar-refractivity contribution in [3.8, 4) is 0 Å². The van der Waals surface area contributed by atoms with E-state index < -0.39 is 0 Å². The van der Waals surface area contributed by atoms with Crippen LogP contribution < -0.4 is 5.73 Å². The lowest BCUT2D eigenvalue weighted by Crippen LogP contribution is -2.44. The van der Waals surface area contributed by atoms with Crippen molar-refractivity contribution < 1.29 is 0 Å². The van der Waals surface area contributed by atoms with E-state index in [4.69, 9.17) is 5.73 Å². The highest BCUT2D eigenvalue weighted by Crippen LogP contribution is 2.33. The summed E-state index contributed by atoms with van der Waals surface area (Å²) in [5.41, 5.74) is 6.11. The first-order valence-corrected chi connectivity index (χ1v) is 5.58. The molecule has 1 rings (SSSR count). The van der Waals surface area contributed by atoms with E-state index in [1.165, 1.54) is 32.4 Å². The normalized spacial score (nSPS) is 28.2. The van der Waals surface area contributed by atoms with Gasteiger partial charge in [0.05, 0.1) is 0 Å². The topological polar surface area (TPSA) is 29.3 Å². The lowest BCUT2D eigenvalue weighted by molar-refractivity contribution is 0.139. The van der Waals surface area contributed by atoms with Gasteiger partial charge in [-0.3, -0.25) is 4.90 Å². The van der Waals surface area contributed by atoms with Crippen LogP contribution in [0.3, 0.4) is 0 Å². The van der Waals surface area contributed by atoms with Gasteiger partial charge in [-0.15, -0.1) is 0 Å². The number of hydrogen-bond acceptors (Lipinski definition) is 2. The number of nitrogens with two attached hydrogens (primary N) is 1. The Morgan fingerprint density at radius 1 is 1.46 bits per heavy atom. The molecule has 13 heavy (non-hydrogen) atoms. The van der Waals surface area contributed by atoms with E-state index >= 15 is 0 Å². The molecule has 1 atom stereocenters. The van der Waals surface area contributed by atoms with E-state index in [0.717, 1.165) is 6.54 Å². The minimum Gasteiger partial charge on any atom is -0.330 e. The summed E-state index contributed by atoms with van der Waals surface area (Å²) in [5, 5.41) is 0. The molecule has 78 valence electrons. The predicted molar refractivity (Wildman–Crippen MR) is 57.7 cm³/mol. The van der Waals surface area contributed by atoms with Crippen LogP contribution in [-0.4, -0.2) is 30.1 Å². The molecule has 1 aliphatic heterocycles. The third-order valence-electron chi connectivity index (χ3n) is 3.63. The zero-order chi connectivity index (χ0) is 9.90. The molecular weight excluding hydrogens is 160 g/mol. The van der Waals surface area contributed by atoms with Crippen molar-refractivity contribution in [3.63, 3.8) is 0 Å². The summed E-state index contributed by atoms with van der Waals surface area (Å²) in [5.74, 6) is 0.698. The molecule has 0 saturated carbocycles. The van der Waals surface area contributed by atoms with Crippen molar-refractivity contribution in [1.82, 2.24) is 4.90 Å². The van der Waals surface area contributed by atoms with Crippen LogP contribution in [0.4, 0.5) is 0 Å². The fourth-order valence-corrected chi connectivity index (χ4v) is 2.37. The van der Waals surface area contributed by atoms with Gasteiger partial charge in [0, 0.05) is 5.54 Å². The smallest absolute Gasteiger partial charge is 0.0193 e. The minimum absolute atomic E-state index is 0.337. The molecule has 1 saturated heterocycles. The molecule has 1 fully saturated rings. The molecule has 2 N–H and O–H groups in total. The molecule has 1 aliphatic rings. The van der Waals surface area contributed by atoms with Gasteiger partial charge < -0.3 is 5.73 Å². The summed E-state index contributed by atoms with van der Waals surface area (Å²) < 4.78 is 0. The zero-order valence-electron chi connectivity index (χ0n) is 9.34. The van der Waals surface area contributed by atoms with Gasteiger partial charge in [0.1, 0.15) is 0 Å². The first-order chi connectivity index (χ1) is 6.12. The van der Waals surface area contributed by atoms with Gasteiger partial charge in [-0.25, -0.2) is 0 Å². The van der Waals surface area contributed by atoms with Crippen LogP contribution in [0.15, 0.2) is 0 Å². The second-order valence-electron chi connectivity index (χ2n) is 4.72. The van der Waals surface area contributed by atoms with Crippen molar-refractivity contribution >= 4 is 0 Å². The average molecular weight is 184 g/mol. The maximum atomic E-state index is 5.77. The highest BCUT2D eigenvalue weighted by atomic mass is 15.2. The van der Waals surface area contributed by atoms with Crippen molar-refractivity contribution in [2.45, 2.75) is 45.6 Å². The van der Waals surface area contributed by atoms with Gasteiger partial charge >= 0.3 is 0 Å². The lowest BCUT2D eigenvalue weighted by Gasteiger charge is -2.35. The minimum atomic E-state index is 0.337. The molecule has 2 nitrogen and oxygen atoms in total. The average Bonchev–Trinajstić information content (AvgIpc) is 2.37. The predicted octanol–water partition coefficient (Wildman–Crippen LogP) is 1.85. The van der Waals surface area contributed by atoms with E-state index in [1.807, 2.05) is 0 Å². The van der Waals surface area contributed by atoms with E-state index in [2.05, 4.69) is 25.7 Å². The summed E-state index contributed by atoms with van der Waals surface area (Å²) in [6.07, 6.45) is 3.90. The van der Waals surface area contributed by atoms with Gasteiger partial charge in [-0.1, -0.05) is 13.3 Å². The Bertz CT molecular complexity index is 154. The van der Waals surface area contributed by atoms with Crippen LogP contribution in [0.2, 0.25) is 0 Å². The number of rotatable bonds is 4. The molecule has 0 radical (unpaired) electrons. The van der Waals surface area contributed by atoms with Gasteiger partial charge in [0.15, 0.2) is 0 Å². The molecule has 2 heteroatoms. The Morgan fingerprint density at radius 3 is 2.62 bits per heavy atom. The van der Waals surface area contributed by atoms with Crippen molar-refractivity contribution in [1.29, 1.82) is 0 Å². The Kier molecular flexibility index (Phi) is 3.74. The molecule has 0 aliphatic carbocycles. The van der Waals surface area contributed by atoms with Crippen LogP contribution in [0.5, 0.6) is 0 Å². The number of unbranched alkanes of at least 4 members (excludes halogenated alkanes) is 1. The molecule has 0 bridgehead atoms. The Morgan fingerprint density at radius 2 is 2.15 bits per heavy atom. The third kappa shape index (κ3) is 2.23. The summed E-state index contributed by atoms with van der Waals surface area (Å²) in [7, 11) is 0. The van der Waals surface area contributed by atoms with Gasteiger partial charge in [-0.2, -0.15) is 0 Å². The van der Waals surface area contributed by atoms with Crippen molar-refractivity contribution in [3.05, 3.63) is 0 Å². The maximum Gasteiger partial charge on any atom is 0.0193 e. The molecular formula is C11H24N2. The zero-order valence-corrected chi connectivity index (χ0v) is 9.34. The Balaban J connectivity index is 2.48. The summed E-state index contributed by atoms with van der Waals surface area (Å²) in [6, 6.07) is 0. The number of nitrogens with zero attached hydrogens (tertiary/aromatic N) is 1. The first kappa shape index (κ1) is 11.0. The summed E-state index contributed by atoms with van der Waals surface area (Å²) >= 11 is 0. The lowest BCUT2D eigenvalue weighted by atomic mass is 9.88. The molecule has 1 unspecified atom stereocenters. The van der Waals surface area contributed by atoms with Crippen LogP contribution in [-0.2, 0) is 0 Å². The van der Waals surface area contributed by atoms with Crippen molar-refractivity contribution in [2.75, 3.05) is 19.6 Å². The second-order valence-corrected chi connectivity index (χ2v) is 4.72. The number of hydrogen-bond donors (Lipinski definition) is 1. The maximum absolute atomic E-state index is 5.77. The van der Waals surface area contributed by atoms with E-state index in [9.17, 15) is 0 Å². The monoisotopic (exact) mass is 184 g/mol. The van der Waals surface area contributed by atoms with Gasteiger partial charge in [0.25, 0.3) is 0 Å². The molecule has 0 spiro atoms. The molecule has 0 amide bonds. The SMILES string of the molecule is CCCCN1CCC(CN)C1(C)C. The van der Waals surface area contributed by atoms with Gasteiger partial charge in [0.2, 0.25) is 0 Å². The fraction of sp³-hybridized carbons (Fsp3) is 1.00. The Labute approximate surface area is 82.5 Å². The van der Waals surface area contributed by atoms with Crippen molar-refractivity contribution in [2.24, 2.45) is 11.7 Å². The van der Waals surface area contributed by atoms with E-state index in [-0.39, 0.29) is 0 Å². The largest absolute Gasteiger partial charge is 0.330 e. The number of likely N-dealkylation sites (tertiary alicyclic amines) is 1. The van der Waals surface area contributed by atoms with Crippen LogP contribution >= 0.6 is 0 Å². The first-order valence-electron chi connectivity index (χ1n) is 5.58.